The highest BCUT2D eigenvalue weighted by atomic mass is 16.5. The van der Waals surface area contributed by atoms with Crippen molar-refractivity contribution in [2.75, 3.05) is 12.0 Å². The molecule has 143 valence electrons. The van der Waals surface area contributed by atoms with Crippen LogP contribution in [-0.2, 0) is 4.79 Å². The van der Waals surface area contributed by atoms with E-state index in [0.29, 0.717) is 22.6 Å². The lowest BCUT2D eigenvalue weighted by Gasteiger charge is -2.51. The van der Waals surface area contributed by atoms with Gasteiger partial charge in [0.15, 0.2) is 0 Å². The molecule has 2 atom stereocenters. The molecule has 0 unspecified atom stereocenters. The minimum atomic E-state index is -0.869. The highest BCUT2D eigenvalue weighted by Gasteiger charge is 2.59. The van der Waals surface area contributed by atoms with E-state index in [1.807, 2.05) is 25.7 Å². The second-order valence-electron chi connectivity index (χ2n) is 7.04. The molecule has 5 rings (SSSR count). The van der Waals surface area contributed by atoms with Crippen LogP contribution >= 0.6 is 0 Å². The highest BCUT2D eigenvalue weighted by molar-refractivity contribution is 6.25. The van der Waals surface area contributed by atoms with Crippen LogP contribution in [0.3, 0.4) is 0 Å². The van der Waals surface area contributed by atoms with Crippen molar-refractivity contribution < 1.29 is 19.1 Å². The van der Waals surface area contributed by atoms with E-state index in [-0.39, 0.29) is 5.91 Å². The Kier molecular flexibility index (Phi) is 4.15. The van der Waals surface area contributed by atoms with E-state index in [0.717, 1.165) is 10.8 Å². The zero-order valence-corrected chi connectivity index (χ0v) is 15.6. The number of imide groups is 1. The summed E-state index contributed by atoms with van der Waals surface area (Å²) in [4.78, 5) is 41.8. The van der Waals surface area contributed by atoms with Gasteiger partial charge in [0.1, 0.15) is 11.8 Å². The molecule has 1 saturated carbocycles. The Morgan fingerprint density at radius 1 is 0.759 bits per heavy atom. The van der Waals surface area contributed by atoms with Gasteiger partial charge in [0.25, 0.3) is 17.7 Å². The van der Waals surface area contributed by atoms with Gasteiger partial charge in [0.2, 0.25) is 0 Å². The molecule has 5 radical (unpaired) electrons. The SMILES string of the molecule is COc1ccc(N2C(=O)[C@H](N3C(=O)c4ccccc4C3=O)[C@@H]2[C]2[CH][CH][CH][CH]2)cc1. The quantitative estimate of drug-likeness (QED) is 0.599. The summed E-state index contributed by atoms with van der Waals surface area (Å²) in [7, 11) is 1.58. The number of amides is 3. The Morgan fingerprint density at radius 3 is 1.90 bits per heavy atom. The number of carbonyl (C=O) groups excluding carboxylic acids is 3. The largest absolute Gasteiger partial charge is 0.497 e. The molecule has 3 aliphatic rings. The molecule has 0 aromatic heterocycles. The smallest absolute Gasteiger partial charge is 0.262 e. The second kappa shape index (κ2) is 6.72. The molecule has 2 aliphatic heterocycles. The van der Waals surface area contributed by atoms with Gasteiger partial charge in [-0.05, 0) is 62.1 Å². The second-order valence-corrected chi connectivity index (χ2v) is 7.04. The summed E-state index contributed by atoms with van der Waals surface area (Å²) in [5.74, 6) is 0.436. The Balaban J connectivity index is 1.51. The van der Waals surface area contributed by atoms with Crippen LogP contribution in [0.5, 0.6) is 5.75 Å². The van der Waals surface area contributed by atoms with Gasteiger partial charge in [0, 0.05) is 11.6 Å². The molecule has 0 bridgehead atoms. The number of anilines is 1. The highest BCUT2D eigenvalue weighted by Crippen LogP contribution is 2.43. The van der Waals surface area contributed by atoms with E-state index in [9.17, 15) is 14.4 Å². The van der Waals surface area contributed by atoms with Gasteiger partial charge in [0.05, 0.1) is 24.3 Å². The average Bonchev–Trinajstić information content (AvgIpc) is 3.36. The van der Waals surface area contributed by atoms with E-state index in [1.165, 1.54) is 0 Å². The first-order valence-corrected chi connectivity index (χ1v) is 9.27. The molecule has 2 fully saturated rings. The molecule has 6 heteroatoms. The van der Waals surface area contributed by atoms with Gasteiger partial charge in [-0.2, -0.15) is 0 Å². The monoisotopic (exact) mass is 385 g/mol. The average molecular weight is 385 g/mol. The van der Waals surface area contributed by atoms with E-state index < -0.39 is 23.9 Å². The third-order valence-electron chi connectivity index (χ3n) is 5.55. The molecule has 0 spiro atoms. The fourth-order valence-electron chi connectivity index (χ4n) is 4.13. The fraction of sp³-hybridized carbons (Fsp3) is 0.130. The molecule has 1 aliphatic carbocycles. The lowest BCUT2D eigenvalue weighted by molar-refractivity contribution is -0.129. The number of rotatable bonds is 4. The number of methoxy groups -OCH3 is 1. The summed E-state index contributed by atoms with van der Waals surface area (Å²) in [5.41, 5.74) is 1.37. The maximum atomic E-state index is 13.2. The summed E-state index contributed by atoms with van der Waals surface area (Å²) < 4.78 is 5.19. The molecule has 6 nitrogen and oxygen atoms in total. The van der Waals surface area contributed by atoms with Gasteiger partial charge in [-0.3, -0.25) is 19.3 Å². The summed E-state index contributed by atoms with van der Waals surface area (Å²) in [6.45, 7) is 0. The number of hydrogen-bond acceptors (Lipinski definition) is 4. The molecule has 29 heavy (non-hydrogen) atoms. The van der Waals surface area contributed by atoms with E-state index in [2.05, 4.69) is 0 Å². The van der Waals surface area contributed by atoms with Crippen molar-refractivity contribution in [2.45, 2.75) is 12.1 Å². The van der Waals surface area contributed by atoms with Gasteiger partial charge in [-0.1, -0.05) is 12.1 Å². The minimum Gasteiger partial charge on any atom is -0.497 e. The Morgan fingerprint density at radius 2 is 1.34 bits per heavy atom. The van der Waals surface area contributed by atoms with Gasteiger partial charge < -0.3 is 9.64 Å². The van der Waals surface area contributed by atoms with Crippen molar-refractivity contribution in [2.24, 2.45) is 0 Å². The Labute approximate surface area is 169 Å². The van der Waals surface area contributed by atoms with Crippen LogP contribution in [-0.4, -0.2) is 41.8 Å². The van der Waals surface area contributed by atoms with Crippen molar-refractivity contribution in [3.63, 3.8) is 0 Å². The first kappa shape index (κ1) is 17.9. The molecule has 3 amide bonds. The maximum absolute atomic E-state index is 13.2. The molecule has 2 heterocycles. The fourth-order valence-corrected chi connectivity index (χ4v) is 4.13. The van der Waals surface area contributed by atoms with Crippen LogP contribution in [0.4, 0.5) is 5.69 Å². The standard InChI is InChI=1S/C23H17N2O4/c1-29-16-12-10-15(11-13-16)24-19(14-6-2-3-7-14)20(23(24)28)25-21(26)17-8-4-5-9-18(17)22(25)27/h2-13,19-20H,1H3/t19-,20+/m0/s1. The van der Waals surface area contributed by atoms with Crippen molar-refractivity contribution in [3.05, 3.63) is 91.3 Å². The molecule has 1 saturated heterocycles. The van der Waals surface area contributed by atoms with E-state index in [4.69, 9.17) is 4.74 Å². The van der Waals surface area contributed by atoms with Crippen LogP contribution in [0.15, 0.2) is 48.5 Å². The number of hydrogen-bond donors (Lipinski definition) is 0. The van der Waals surface area contributed by atoms with E-state index in [1.54, 1.807) is 60.5 Å². The number of β-lactam (4-membered cyclic amide) rings is 1. The summed E-state index contributed by atoms with van der Waals surface area (Å²) in [6.07, 6.45) is 7.56. The van der Waals surface area contributed by atoms with Crippen LogP contribution in [0.1, 0.15) is 20.7 Å². The lowest BCUT2D eigenvalue weighted by atomic mass is 9.81. The zero-order chi connectivity index (χ0) is 20.1. The number of ether oxygens (including phenoxy) is 1. The first-order chi connectivity index (χ1) is 14.1. The number of fused-ring (bicyclic) bond motifs is 1. The van der Waals surface area contributed by atoms with Crippen molar-refractivity contribution in [3.8, 4) is 5.75 Å². The van der Waals surface area contributed by atoms with Crippen molar-refractivity contribution >= 4 is 23.4 Å². The molecular weight excluding hydrogens is 368 g/mol. The van der Waals surface area contributed by atoms with Crippen LogP contribution in [0.25, 0.3) is 0 Å². The number of carbonyl (C=O) groups is 3. The van der Waals surface area contributed by atoms with Crippen LogP contribution in [0, 0.1) is 31.6 Å². The molecule has 0 N–H and O–H groups in total. The summed E-state index contributed by atoms with van der Waals surface area (Å²) in [6, 6.07) is 12.5. The van der Waals surface area contributed by atoms with Crippen LogP contribution < -0.4 is 9.64 Å². The number of nitrogens with zero attached hydrogens (tertiary/aromatic N) is 2. The minimum absolute atomic E-state index is 0.282. The normalized spacial score (nSPS) is 24.1. The predicted octanol–water partition coefficient (Wildman–Crippen LogP) is 2.48. The third-order valence-corrected chi connectivity index (χ3v) is 5.55. The predicted molar refractivity (Wildman–Crippen MR) is 105 cm³/mol. The Hall–Kier alpha value is -3.15. The summed E-state index contributed by atoms with van der Waals surface area (Å²) >= 11 is 0. The van der Waals surface area contributed by atoms with Crippen molar-refractivity contribution in [1.82, 2.24) is 4.90 Å². The van der Waals surface area contributed by atoms with E-state index >= 15 is 0 Å². The van der Waals surface area contributed by atoms with Crippen LogP contribution in [0.2, 0.25) is 0 Å². The zero-order valence-electron chi connectivity index (χ0n) is 15.6. The van der Waals surface area contributed by atoms with Gasteiger partial charge in [-0.15, -0.1) is 0 Å². The summed E-state index contributed by atoms with van der Waals surface area (Å²) in [5, 5.41) is 0. The maximum Gasteiger partial charge on any atom is 0.262 e. The topological polar surface area (TPSA) is 66.9 Å². The Bertz CT molecular complexity index is 959. The van der Waals surface area contributed by atoms with Crippen molar-refractivity contribution in [1.29, 1.82) is 0 Å². The molecular formula is C23H17N2O4. The van der Waals surface area contributed by atoms with Gasteiger partial charge in [-0.25, -0.2) is 0 Å². The number of benzene rings is 2. The first-order valence-electron chi connectivity index (χ1n) is 9.27. The van der Waals surface area contributed by atoms with Gasteiger partial charge >= 0.3 is 0 Å². The lowest BCUT2D eigenvalue weighted by Crippen LogP contribution is -2.73. The molecule has 2 aromatic rings. The third kappa shape index (κ3) is 2.58. The molecule has 2 aromatic carbocycles.